The number of amides is 1. The van der Waals surface area contributed by atoms with Crippen LogP contribution in [0.4, 0.5) is 5.69 Å². The van der Waals surface area contributed by atoms with Gasteiger partial charge in [0.1, 0.15) is 5.75 Å². The molecule has 2 aromatic carbocycles. The number of methoxy groups -OCH3 is 1. The molecule has 0 aliphatic heterocycles. The molecule has 0 aliphatic rings. The lowest BCUT2D eigenvalue weighted by Crippen LogP contribution is -2.34. The summed E-state index contributed by atoms with van der Waals surface area (Å²) in [5.74, 6) is -0.276. The van der Waals surface area contributed by atoms with E-state index in [0.29, 0.717) is 29.2 Å². The van der Waals surface area contributed by atoms with Gasteiger partial charge >= 0.3 is 5.97 Å². The number of rotatable bonds is 7. The Hall–Kier alpha value is -2.93. The first-order valence-electron chi connectivity index (χ1n) is 8.57. The van der Waals surface area contributed by atoms with Crippen LogP contribution < -0.4 is 15.4 Å². The highest BCUT2D eigenvalue weighted by Gasteiger charge is 2.13. The molecular formula is C20H22N2O4S. The minimum absolute atomic E-state index is 0.134. The van der Waals surface area contributed by atoms with Gasteiger partial charge in [0.25, 0.3) is 5.91 Å². The topological polar surface area (TPSA) is 76.7 Å². The number of esters is 1. The van der Waals surface area contributed by atoms with Crippen molar-refractivity contribution >= 4 is 34.9 Å². The standard InChI is InChI=1S/C20H22N2O4S/c1-3-4-12-26-17-11-6-5-10-16(17)21-20(27)22-18(23)14-8-7-9-15(13-14)19(24)25-2/h5-11,13H,3-4,12H2,1-2H3,(H2,21,22,23,27). The molecule has 0 heterocycles. The summed E-state index contributed by atoms with van der Waals surface area (Å²) in [6, 6.07) is 13.6. The summed E-state index contributed by atoms with van der Waals surface area (Å²) in [5, 5.41) is 5.70. The number of benzene rings is 2. The van der Waals surface area contributed by atoms with Crippen LogP contribution in [0.1, 0.15) is 40.5 Å². The van der Waals surface area contributed by atoms with E-state index in [1.165, 1.54) is 13.2 Å². The number of ether oxygens (including phenoxy) is 2. The number of hydrogen-bond acceptors (Lipinski definition) is 5. The van der Waals surface area contributed by atoms with Crippen LogP contribution in [0, 0.1) is 0 Å². The first-order valence-corrected chi connectivity index (χ1v) is 8.98. The predicted molar refractivity (Wildman–Crippen MR) is 108 cm³/mol. The van der Waals surface area contributed by atoms with Gasteiger partial charge in [-0.3, -0.25) is 10.1 Å². The fraction of sp³-hybridized carbons (Fsp3) is 0.250. The number of nitrogens with one attached hydrogen (secondary N) is 2. The lowest BCUT2D eigenvalue weighted by Gasteiger charge is -2.14. The Morgan fingerprint density at radius 1 is 1.07 bits per heavy atom. The second kappa shape index (κ2) is 10.3. The van der Waals surface area contributed by atoms with Crippen LogP contribution in [0.3, 0.4) is 0 Å². The molecule has 0 saturated carbocycles. The van der Waals surface area contributed by atoms with Gasteiger partial charge in [-0.1, -0.05) is 31.5 Å². The second-order valence-electron chi connectivity index (χ2n) is 5.68. The predicted octanol–water partition coefficient (Wildman–Crippen LogP) is 3.78. The zero-order chi connectivity index (χ0) is 19.6. The monoisotopic (exact) mass is 386 g/mol. The van der Waals surface area contributed by atoms with E-state index in [-0.39, 0.29) is 5.11 Å². The summed E-state index contributed by atoms with van der Waals surface area (Å²) in [7, 11) is 1.29. The molecule has 0 saturated heterocycles. The van der Waals surface area contributed by atoms with Crippen molar-refractivity contribution < 1.29 is 19.1 Å². The number of thiocarbonyl (C=S) groups is 1. The van der Waals surface area contributed by atoms with E-state index in [4.69, 9.17) is 17.0 Å². The fourth-order valence-corrected chi connectivity index (χ4v) is 2.46. The third-order valence-electron chi connectivity index (χ3n) is 3.66. The van der Waals surface area contributed by atoms with Gasteiger partial charge in [-0.25, -0.2) is 4.79 Å². The number of unbranched alkanes of at least 4 members (excludes halogenated alkanes) is 1. The smallest absolute Gasteiger partial charge is 0.337 e. The van der Waals surface area contributed by atoms with Crippen LogP contribution in [0.2, 0.25) is 0 Å². The zero-order valence-corrected chi connectivity index (χ0v) is 16.1. The van der Waals surface area contributed by atoms with Gasteiger partial charge in [-0.05, 0) is 49.0 Å². The minimum Gasteiger partial charge on any atom is -0.491 e. The molecule has 0 bridgehead atoms. The summed E-state index contributed by atoms with van der Waals surface area (Å²) < 4.78 is 10.4. The SMILES string of the molecule is CCCCOc1ccccc1NC(=S)NC(=O)c1cccc(C(=O)OC)c1. The summed E-state index contributed by atoms with van der Waals surface area (Å²) >= 11 is 5.22. The molecular weight excluding hydrogens is 364 g/mol. The minimum atomic E-state index is -0.511. The molecule has 0 unspecified atom stereocenters. The van der Waals surface area contributed by atoms with Gasteiger partial charge < -0.3 is 14.8 Å². The molecule has 1 amide bonds. The highest BCUT2D eigenvalue weighted by atomic mass is 32.1. The van der Waals surface area contributed by atoms with Crippen molar-refractivity contribution in [3.8, 4) is 5.75 Å². The summed E-state index contributed by atoms with van der Waals surface area (Å²) in [5.41, 5.74) is 1.26. The Kier molecular flexibility index (Phi) is 7.76. The molecule has 142 valence electrons. The van der Waals surface area contributed by atoms with Crippen molar-refractivity contribution in [2.45, 2.75) is 19.8 Å². The molecule has 0 spiro atoms. The molecule has 6 nitrogen and oxygen atoms in total. The summed E-state index contributed by atoms with van der Waals surface area (Å²) in [4.78, 5) is 24.0. The molecule has 0 radical (unpaired) electrons. The van der Waals surface area contributed by atoms with Crippen LogP contribution in [-0.2, 0) is 4.74 Å². The largest absolute Gasteiger partial charge is 0.491 e. The molecule has 0 atom stereocenters. The van der Waals surface area contributed by atoms with Crippen molar-refractivity contribution in [2.75, 3.05) is 19.0 Å². The van der Waals surface area contributed by atoms with Gasteiger partial charge in [0.2, 0.25) is 0 Å². The molecule has 0 aliphatic carbocycles. The Bertz CT molecular complexity index is 823. The molecule has 0 fully saturated rings. The quantitative estimate of drug-likeness (QED) is 0.428. The Morgan fingerprint density at radius 3 is 2.56 bits per heavy atom. The van der Waals surface area contributed by atoms with Gasteiger partial charge in [0.15, 0.2) is 5.11 Å². The number of carbonyl (C=O) groups is 2. The van der Waals surface area contributed by atoms with Gasteiger partial charge in [0.05, 0.1) is 25.0 Å². The maximum atomic E-state index is 12.4. The van der Waals surface area contributed by atoms with E-state index in [2.05, 4.69) is 22.3 Å². The van der Waals surface area contributed by atoms with Crippen molar-refractivity contribution in [3.63, 3.8) is 0 Å². The zero-order valence-electron chi connectivity index (χ0n) is 15.3. The van der Waals surface area contributed by atoms with E-state index in [1.807, 2.05) is 24.3 Å². The molecule has 7 heteroatoms. The van der Waals surface area contributed by atoms with E-state index < -0.39 is 11.9 Å². The average Bonchev–Trinajstić information content (AvgIpc) is 2.68. The van der Waals surface area contributed by atoms with Gasteiger partial charge in [0, 0.05) is 5.56 Å². The van der Waals surface area contributed by atoms with E-state index in [0.717, 1.165) is 12.8 Å². The number of carbonyl (C=O) groups excluding carboxylic acids is 2. The maximum Gasteiger partial charge on any atom is 0.337 e. The Balaban J connectivity index is 2.02. The van der Waals surface area contributed by atoms with Crippen molar-refractivity contribution in [3.05, 3.63) is 59.7 Å². The molecule has 2 N–H and O–H groups in total. The highest BCUT2D eigenvalue weighted by Crippen LogP contribution is 2.24. The number of anilines is 1. The fourth-order valence-electron chi connectivity index (χ4n) is 2.26. The lowest BCUT2D eigenvalue weighted by atomic mass is 10.1. The van der Waals surface area contributed by atoms with E-state index >= 15 is 0 Å². The van der Waals surface area contributed by atoms with E-state index in [1.54, 1.807) is 18.2 Å². The first-order chi connectivity index (χ1) is 13.0. The van der Waals surface area contributed by atoms with Crippen molar-refractivity contribution in [1.29, 1.82) is 0 Å². The van der Waals surface area contributed by atoms with Crippen LogP contribution >= 0.6 is 12.2 Å². The Morgan fingerprint density at radius 2 is 1.81 bits per heavy atom. The third-order valence-corrected chi connectivity index (χ3v) is 3.87. The third kappa shape index (κ3) is 6.07. The van der Waals surface area contributed by atoms with Crippen LogP contribution in [0.25, 0.3) is 0 Å². The van der Waals surface area contributed by atoms with Crippen LogP contribution in [-0.4, -0.2) is 30.7 Å². The maximum absolute atomic E-state index is 12.4. The Labute approximate surface area is 163 Å². The highest BCUT2D eigenvalue weighted by molar-refractivity contribution is 7.80. The molecule has 2 rings (SSSR count). The van der Waals surface area contributed by atoms with Gasteiger partial charge in [-0.2, -0.15) is 0 Å². The van der Waals surface area contributed by atoms with Crippen LogP contribution in [0.5, 0.6) is 5.75 Å². The average molecular weight is 386 g/mol. The number of hydrogen-bond donors (Lipinski definition) is 2. The van der Waals surface area contributed by atoms with Crippen molar-refractivity contribution in [2.24, 2.45) is 0 Å². The summed E-state index contributed by atoms with van der Waals surface area (Å²) in [6.07, 6.45) is 1.99. The molecule has 0 aromatic heterocycles. The molecule has 27 heavy (non-hydrogen) atoms. The van der Waals surface area contributed by atoms with Crippen molar-refractivity contribution in [1.82, 2.24) is 5.32 Å². The normalized spacial score (nSPS) is 10.0. The summed E-state index contributed by atoms with van der Waals surface area (Å²) in [6.45, 7) is 2.70. The van der Waals surface area contributed by atoms with Gasteiger partial charge in [-0.15, -0.1) is 0 Å². The second-order valence-corrected chi connectivity index (χ2v) is 6.09. The lowest BCUT2D eigenvalue weighted by molar-refractivity contribution is 0.0600. The molecule has 2 aromatic rings. The number of para-hydroxylation sites is 2. The van der Waals surface area contributed by atoms with E-state index in [9.17, 15) is 9.59 Å². The van der Waals surface area contributed by atoms with Crippen LogP contribution in [0.15, 0.2) is 48.5 Å². The first kappa shape index (κ1) is 20.4.